The molecule has 0 spiro atoms. The molecule has 4 rings (SSSR count). The first-order valence-electron chi connectivity index (χ1n) is 12.5. The smallest absolute Gasteiger partial charge is 0.314 e. The Balaban J connectivity index is 1.44. The molecule has 0 aliphatic rings. The highest BCUT2D eigenvalue weighted by Crippen LogP contribution is 2.29. The van der Waals surface area contributed by atoms with Crippen molar-refractivity contribution in [2.75, 3.05) is 7.11 Å². The number of methoxy groups -OCH3 is 1. The van der Waals surface area contributed by atoms with Gasteiger partial charge < -0.3 is 14.3 Å². The Morgan fingerprint density at radius 1 is 0.895 bits per heavy atom. The quantitative estimate of drug-likeness (QED) is 0.149. The second-order valence-corrected chi connectivity index (χ2v) is 9.36. The van der Waals surface area contributed by atoms with Gasteiger partial charge in [-0.25, -0.2) is 0 Å². The Kier molecular flexibility index (Phi) is 8.93. The lowest BCUT2D eigenvalue weighted by atomic mass is 9.95. The summed E-state index contributed by atoms with van der Waals surface area (Å²) in [5, 5.41) is 11.2. The topological polar surface area (TPSA) is 85.8 Å². The number of aryl methyl sites for hydroxylation is 2. The summed E-state index contributed by atoms with van der Waals surface area (Å²) < 4.78 is 11.4. The molecule has 0 saturated heterocycles. The van der Waals surface area contributed by atoms with E-state index in [1.807, 2.05) is 61.7 Å². The molecule has 0 fully saturated rings. The number of rotatable bonds is 11. The number of oxime groups is 1. The number of H-pyrrole nitrogens is 1. The van der Waals surface area contributed by atoms with E-state index in [0.717, 1.165) is 22.3 Å². The Labute approximate surface area is 223 Å². The van der Waals surface area contributed by atoms with Crippen molar-refractivity contribution in [3.8, 4) is 5.75 Å². The van der Waals surface area contributed by atoms with Crippen LogP contribution < -0.4 is 4.74 Å². The van der Waals surface area contributed by atoms with Crippen molar-refractivity contribution in [1.82, 2.24) is 10.2 Å². The minimum Gasteiger partial charge on any atom is -0.481 e. The van der Waals surface area contributed by atoms with Crippen LogP contribution in [0.1, 0.15) is 46.4 Å². The number of carbonyl (C=O) groups is 1. The van der Waals surface area contributed by atoms with Gasteiger partial charge in [-0.05, 0) is 56.0 Å². The standard InChI is InChI=1S/C31H33N3O4/c1-21-5-9-25(10-6-21)20-37-34-23(3)29(31(35)36-4)17-24-11-15-28(16-12-24)38-30(27-18-32-33-19-27)26-13-7-22(2)8-14-26/h5-16,18-19,29-30H,17,20H2,1-4H3,(H,32,33). The van der Waals surface area contributed by atoms with E-state index in [2.05, 4.69) is 46.5 Å². The largest absolute Gasteiger partial charge is 0.481 e. The zero-order chi connectivity index (χ0) is 26.9. The second kappa shape index (κ2) is 12.7. The molecular formula is C31H33N3O4. The van der Waals surface area contributed by atoms with E-state index in [1.54, 1.807) is 13.1 Å². The van der Waals surface area contributed by atoms with Crippen LogP contribution in [-0.2, 0) is 27.4 Å². The zero-order valence-corrected chi connectivity index (χ0v) is 22.2. The summed E-state index contributed by atoms with van der Waals surface area (Å²) in [6.07, 6.45) is 3.73. The molecule has 0 radical (unpaired) electrons. The minimum atomic E-state index is -0.559. The van der Waals surface area contributed by atoms with Crippen LogP contribution in [0.4, 0.5) is 0 Å². The van der Waals surface area contributed by atoms with Crippen LogP contribution in [-0.4, -0.2) is 29.0 Å². The Morgan fingerprint density at radius 2 is 1.53 bits per heavy atom. The van der Waals surface area contributed by atoms with Crippen molar-refractivity contribution in [1.29, 1.82) is 0 Å². The normalized spacial score (nSPS) is 13.0. The van der Waals surface area contributed by atoms with E-state index in [9.17, 15) is 4.79 Å². The van der Waals surface area contributed by atoms with Gasteiger partial charge >= 0.3 is 5.97 Å². The van der Waals surface area contributed by atoms with Gasteiger partial charge in [0.1, 0.15) is 18.3 Å². The summed E-state index contributed by atoms with van der Waals surface area (Å²) in [5.74, 6) is -0.206. The van der Waals surface area contributed by atoms with E-state index >= 15 is 0 Å². The van der Waals surface area contributed by atoms with Crippen LogP contribution in [0.2, 0.25) is 0 Å². The van der Waals surface area contributed by atoms with Crippen molar-refractivity contribution >= 4 is 11.7 Å². The highest BCUT2D eigenvalue weighted by molar-refractivity contribution is 6.00. The molecule has 0 aliphatic heterocycles. The van der Waals surface area contributed by atoms with E-state index in [-0.39, 0.29) is 12.1 Å². The van der Waals surface area contributed by atoms with Gasteiger partial charge in [-0.15, -0.1) is 0 Å². The number of nitrogens with one attached hydrogen (secondary N) is 1. The lowest BCUT2D eigenvalue weighted by molar-refractivity contribution is -0.143. The fraction of sp³-hybridized carbons (Fsp3) is 0.258. The average molecular weight is 512 g/mol. The zero-order valence-electron chi connectivity index (χ0n) is 22.2. The molecule has 2 atom stereocenters. The van der Waals surface area contributed by atoms with Gasteiger partial charge in [-0.1, -0.05) is 76.9 Å². The van der Waals surface area contributed by atoms with Crippen molar-refractivity contribution in [2.24, 2.45) is 11.1 Å². The monoisotopic (exact) mass is 511 g/mol. The molecule has 38 heavy (non-hydrogen) atoms. The van der Waals surface area contributed by atoms with Gasteiger partial charge in [-0.3, -0.25) is 9.89 Å². The highest BCUT2D eigenvalue weighted by atomic mass is 16.6. The van der Waals surface area contributed by atoms with Crippen molar-refractivity contribution < 1.29 is 19.1 Å². The van der Waals surface area contributed by atoms with Gasteiger partial charge in [0.2, 0.25) is 0 Å². The molecule has 7 nitrogen and oxygen atoms in total. The fourth-order valence-corrected chi connectivity index (χ4v) is 4.05. The maximum absolute atomic E-state index is 12.6. The van der Waals surface area contributed by atoms with E-state index < -0.39 is 5.92 Å². The fourth-order valence-electron chi connectivity index (χ4n) is 4.05. The van der Waals surface area contributed by atoms with Crippen LogP contribution in [0.3, 0.4) is 0 Å². The van der Waals surface area contributed by atoms with E-state index in [1.165, 1.54) is 18.2 Å². The SMILES string of the molecule is COC(=O)C(Cc1ccc(OC(c2ccc(C)cc2)c2cn[nH]c2)cc1)C(C)=NOCc1ccc(C)cc1. The molecule has 4 aromatic rings. The van der Waals surface area contributed by atoms with Gasteiger partial charge in [0.25, 0.3) is 0 Å². The van der Waals surface area contributed by atoms with Crippen molar-refractivity contribution in [3.63, 3.8) is 0 Å². The third-order valence-electron chi connectivity index (χ3n) is 6.37. The number of hydrogen-bond donors (Lipinski definition) is 1. The number of ether oxygens (including phenoxy) is 2. The van der Waals surface area contributed by atoms with Crippen LogP contribution in [0.5, 0.6) is 5.75 Å². The molecule has 1 aromatic heterocycles. The van der Waals surface area contributed by atoms with E-state index in [4.69, 9.17) is 14.3 Å². The van der Waals surface area contributed by atoms with Gasteiger partial charge in [0, 0.05) is 11.8 Å². The van der Waals surface area contributed by atoms with Gasteiger partial charge in [0.05, 0.1) is 19.0 Å². The first kappa shape index (κ1) is 26.7. The molecule has 0 bridgehead atoms. The van der Waals surface area contributed by atoms with Gasteiger partial charge in [-0.2, -0.15) is 5.10 Å². The Bertz CT molecular complexity index is 1330. The number of esters is 1. The highest BCUT2D eigenvalue weighted by Gasteiger charge is 2.24. The number of aromatic amines is 1. The lowest BCUT2D eigenvalue weighted by Crippen LogP contribution is -2.26. The first-order valence-corrected chi connectivity index (χ1v) is 12.5. The maximum Gasteiger partial charge on any atom is 0.314 e. The van der Waals surface area contributed by atoms with E-state index in [0.29, 0.717) is 24.5 Å². The van der Waals surface area contributed by atoms with Crippen LogP contribution in [0.15, 0.2) is 90.3 Å². The van der Waals surface area contributed by atoms with Crippen molar-refractivity contribution in [2.45, 2.75) is 39.9 Å². The Morgan fingerprint density at radius 3 is 2.13 bits per heavy atom. The molecular weight excluding hydrogens is 478 g/mol. The molecule has 7 heteroatoms. The lowest BCUT2D eigenvalue weighted by Gasteiger charge is -2.19. The summed E-state index contributed by atoms with van der Waals surface area (Å²) in [6.45, 7) is 6.20. The van der Waals surface area contributed by atoms with Crippen LogP contribution in [0, 0.1) is 19.8 Å². The van der Waals surface area contributed by atoms with Crippen LogP contribution in [0.25, 0.3) is 0 Å². The molecule has 1 N–H and O–H groups in total. The number of benzene rings is 3. The van der Waals surface area contributed by atoms with Gasteiger partial charge in [0.15, 0.2) is 6.10 Å². The average Bonchev–Trinajstić information content (AvgIpc) is 3.47. The molecule has 196 valence electrons. The molecule has 1 heterocycles. The molecule has 0 amide bonds. The molecule has 3 aromatic carbocycles. The summed E-state index contributed by atoms with van der Waals surface area (Å²) in [7, 11) is 1.38. The number of carbonyl (C=O) groups excluding carboxylic acids is 1. The summed E-state index contributed by atoms with van der Waals surface area (Å²) >= 11 is 0. The number of aromatic nitrogens is 2. The number of hydrogen-bond acceptors (Lipinski definition) is 6. The predicted octanol–water partition coefficient (Wildman–Crippen LogP) is 6.12. The second-order valence-electron chi connectivity index (χ2n) is 9.36. The summed E-state index contributed by atoms with van der Waals surface area (Å²) in [6, 6.07) is 24.0. The summed E-state index contributed by atoms with van der Waals surface area (Å²) in [5.41, 5.74) is 6.85. The maximum atomic E-state index is 12.6. The molecule has 0 saturated carbocycles. The first-order chi connectivity index (χ1) is 18.4. The Hall–Kier alpha value is -4.39. The number of nitrogens with zero attached hydrogens (tertiary/aromatic N) is 2. The molecule has 0 aliphatic carbocycles. The third kappa shape index (κ3) is 7.09. The van der Waals surface area contributed by atoms with Crippen molar-refractivity contribution in [3.05, 3.63) is 119 Å². The minimum absolute atomic E-state index is 0.303. The molecule has 2 unspecified atom stereocenters. The predicted molar refractivity (Wildman–Crippen MR) is 147 cm³/mol. The summed E-state index contributed by atoms with van der Waals surface area (Å²) in [4.78, 5) is 18.1. The third-order valence-corrected chi connectivity index (χ3v) is 6.37. The van der Waals surface area contributed by atoms with Crippen LogP contribution >= 0.6 is 0 Å².